The van der Waals surface area contributed by atoms with Crippen molar-refractivity contribution in [1.82, 2.24) is 10.2 Å². The summed E-state index contributed by atoms with van der Waals surface area (Å²) in [7, 11) is 1.67. The number of anilines is 1. The average molecular weight is 265 g/mol. The molecule has 1 aliphatic heterocycles. The average Bonchev–Trinajstić information content (AvgIpc) is 2.42. The maximum atomic E-state index is 13.7. The highest BCUT2D eigenvalue weighted by Gasteiger charge is 2.24. The topological polar surface area (TPSA) is 58.4 Å². The van der Waals surface area contributed by atoms with Crippen molar-refractivity contribution in [2.45, 2.75) is 19.4 Å². The standard InChI is InChI=1S/C14H20FN3O/c1-17-14(19)10-4-6-18(7-5-10)9-11-2-3-12(16)8-13(11)15/h2-3,8,10H,4-7,9,16H2,1H3,(H,17,19). The van der Waals surface area contributed by atoms with Crippen molar-refractivity contribution in [2.24, 2.45) is 5.92 Å². The van der Waals surface area contributed by atoms with Crippen molar-refractivity contribution >= 4 is 11.6 Å². The molecule has 2 rings (SSSR count). The number of amides is 1. The van der Waals surface area contributed by atoms with Crippen LogP contribution in [0.2, 0.25) is 0 Å². The number of likely N-dealkylation sites (tertiary alicyclic amines) is 1. The van der Waals surface area contributed by atoms with Gasteiger partial charge < -0.3 is 11.1 Å². The first-order valence-corrected chi connectivity index (χ1v) is 6.58. The van der Waals surface area contributed by atoms with Gasteiger partial charge in [0.05, 0.1) is 0 Å². The molecule has 104 valence electrons. The number of hydrogen-bond donors (Lipinski definition) is 2. The van der Waals surface area contributed by atoms with E-state index in [1.165, 1.54) is 6.07 Å². The quantitative estimate of drug-likeness (QED) is 0.811. The first-order chi connectivity index (χ1) is 9.10. The summed E-state index contributed by atoms with van der Waals surface area (Å²) < 4.78 is 13.7. The molecular formula is C14H20FN3O. The molecule has 0 aliphatic carbocycles. The number of nitrogen functional groups attached to an aromatic ring is 1. The van der Waals surface area contributed by atoms with Gasteiger partial charge in [-0.2, -0.15) is 0 Å². The lowest BCUT2D eigenvalue weighted by molar-refractivity contribution is -0.125. The Labute approximate surface area is 112 Å². The molecule has 1 fully saturated rings. The molecule has 1 aliphatic rings. The maximum Gasteiger partial charge on any atom is 0.222 e. The Kier molecular flexibility index (Phi) is 4.37. The highest BCUT2D eigenvalue weighted by molar-refractivity contribution is 5.78. The van der Waals surface area contributed by atoms with Crippen LogP contribution in [0.25, 0.3) is 0 Å². The van der Waals surface area contributed by atoms with Gasteiger partial charge in [-0.1, -0.05) is 6.07 Å². The van der Waals surface area contributed by atoms with Gasteiger partial charge in [-0.05, 0) is 38.1 Å². The van der Waals surface area contributed by atoms with E-state index in [-0.39, 0.29) is 17.6 Å². The second-order valence-electron chi connectivity index (χ2n) is 5.02. The third-order valence-electron chi connectivity index (χ3n) is 3.68. The lowest BCUT2D eigenvalue weighted by Crippen LogP contribution is -2.39. The maximum absolute atomic E-state index is 13.7. The van der Waals surface area contributed by atoms with Crippen molar-refractivity contribution in [3.05, 3.63) is 29.6 Å². The van der Waals surface area contributed by atoms with E-state index in [9.17, 15) is 9.18 Å². The zero-order valence-electron chi connectivity index (χ0n) is 11.2. The number of nitrogens with one attached hydrogen (secondary N) is 1. The van der Waals surface area contributed by atoms with Crippen LogP contribution in [0, 0.1) is 11.7 Å². The van der Waals surface area contributed by atoms with Crippen LogP contribution >= 0.6 is 0 Å². The van der Waals surface area contributed by atoms with Gasteiger partial charge in [0.25, 0.3) is 0 Å². The second-order valence-corrected chi connectivity index (χ2v) is 5.02. The normalized spacial score (nSPS) is 17.4. The number of carbonyl (C=O) groups excluding carboxylic acids is 1. The van der Waals surface area contributed by atoms with Gasteiger partial charge in [0.2, 0.25) is 5.91 Å². The lowest BCUT2D eigenvalue weighted by atomic mass is 9.95. The molecule has 1 heterocycles. The zero-order chi connectivity index (χ0) is 13.8. The van der Waals surface area contributed by atoms with Crippen LogP contribution in [0.1, 0.15) is 18.4 Å². The summed E-state index contributed by atoms with van der Waals surface area (Å²) in [6.07, 6.45) is 1.66. The van der Waals surface area contributed by atoms with Crippen LogP contribution in [0.3, 0.4) is 0 Å². The van der Waals surface area contributed by atoms with E-state index in [0.29, 0.717) is 17.8 Å². The molecule has 0 bridgehead atoms. The Morgan fingerprint density at radius 2 is 2.16 bits per heavy atom. The van der Waals surface area contributed by atoms with Gasteiger partial charge in [-0.25, -0.2) is 4.39 Å². The van der Waals surface area contributed by atoms with E-state index < -0.39 is 0 Å². The van der Waals surface area contributed by atoms with Crippen molar-refractivity contribution in [1.29, 1.82) is 0 Å². The monoisotopic (exact) mass is 265 g/mol. The summed E-state index contributed by atoms with van der Waals surface area (Å²) in [6.45, 7) is 2.22. The number of piperidine rings is 1. The molecule has 0 aromatic heterocycles. The van der Waals surface area contributed by atoms with Crippen LogP contribution in [0.5, 0.6) is 0 Å². The third kappa shape index (κ3) is 3.44. The Morgan fingerprint density at radius 3 is 2.74 bits per heavy atom. The number of hydrogen-bond acceptors (Lipinski definition) is 3. The zero-order valence-corrected chi connectivity index (χ0v) is 11.2. The number of benzene rings is 1. The smallest absolute Gasteiger partial charge is 0.222 e. The Balaban J connectivity index is 1.90. The molecule has 1 aromatic carbocycles. The van der Waals surface area contributed by atoms with E-state index in [1.807, 2.05) is 0 Å². The van der Waals surface area contributed by atoms with Crippen LogP contribution in [-0.4, -0.2) is 30.9 Å². The summed E-state index contributed by atoms with van der Waals surface area (Å²) in [4.78, 5) is 13.7. The van der Waals surface area contributed by atoms with Crippen molar-refractivity contribution < 1.29 is 9.18 Å². The summed E-state index contributed by atoms with van der Waals surface area (Å²) in [5.41, 5.74) is 6.63. The van der Waals surface area contributed by atoms with Gasteiger partial charge in [0.1, 0.15) is 5.82 Å². The number of nitrogens with two attached hydrogens (primary N) is 1. The van der Waals surface area contributed by atoms with Crippen LogP contribution < -0.4 is 11.1 Å². The van der Waals surface area contributed by atoms with Crippen LogP contribution in [0.4, 0.5) is 10.1 Å². The summed E-state index contributed by atoms with van der Waals surface area (Å²) in [6, 6.07) is 4.80. The van der Waals surface area contributed by atoms with E-state index in [4.69, 9.17) is 5.73 Å². The van der Waals surface area contributed by atoms with Crippen LogP contribution in [-0.2, 0) is 11.3 Å². The van der Waals surface area contributed by atoms with Gasteiger partial charge in [0.15, 0.2) is 0 Å². The molecule has 5 heteroatoms. The van der Waals surface area contributed by atoms with Crippen molar-refractivity contribution in [3.63, 3.8) is 0 Å². The fourth-order valence-electron chi connectivity index (χ4n) is 2.49. The first kappa shape index (κ1) is 13.8. The largest absolute Gasteiger partial charge is 0.399 e. The van der Waals surface area contributed by atoms with Gasteiger partial charge in [0, 0.05) is 30.8 Å². The first-order valence-electron chi connectivity index (χ1n) is 6.58. The molecule has 4 nitrogen and oxygen atoms in total. The minimum atomic E-state index is -0.256. The highest BCUT2D eigenvalue weighted by atomic mass is 19.1. The minimum absolute atomic E-state index is 0.0949. The Morgan fingerprint density at radius 1 is 1.47 bits per heavy atom. The number of halogens is 1. The molecule has 1 saturated heterocycles. The van der Waals surface area contributed by atoms with Gasteiger partial charge >= 0.3 is 0 Å². The molecule has 19 heavy (non-hydrogen) atoms. The van der Waals surface area contributed by atoms with E-state index >= 15 is 0 Å². The molecule has 0 unspecified atom stereocenters. The number of nitrogens with zero attached hydrogens (tertiary/aromatic N) is 1. The molecule has 0 spiro atoms. The van der Waals surface area contributed by atoms with E-state index in [2.05, 4.69) is 10.2 Å². The number of rotatable bonds is 3. The molecular weight excluding hydrogens is 245 g/mol. The molecule has 1 amide bonds. The predicted octanol–water partition coefficient (Wildman–Crippen LogP) is 1.37. The Hall–Kier alpha value is -1.62. The van der Waals surface area contributed by atoms with Crippen LogP contribution in [0.15, 0.2) is 18.2 Å². The molecule has 0 saturated carbocycles. The fourth-order valence-corrected chi connectivity index (χ4v) is 2.49. The third-order valence-corrected chi connectivity index (χ3v) is 3.68. The van der Waals surface area contributed by atoms with Gasteiger partial charge in [-0.15, -0.1) is 0 Å². The summed E-state index contributed by atoms with van der Waals surface area (Å²) in [5, 5.41) is 2.68. The molecule has 3 N–H and O–H groups in total. The summed E-state index contributed by atoms with van der Waals surface area (Å²) in [5.74, 6) is -0.0516. The minimum Gasteiger partial charge on any atom is -0.399 e. The van der Waals surface area contributed by atoms with Crippen molar-refractivity contribution in [2.75, 3.05) is 25.9 Å². The van der Waals surface area contributed by atoms with E-state index in [1.54, 1.807) is 19.2 Å². The SMILES string of the molecule is CNC(=O)C1CCN(Cc2ccc(N)cc2F)CC1. The number of carbonyl (C=O) groups is 1. The summed E-state index contributed by atoms with van der Waals surface area (Å²) >= 11 is 0. The molecule has 0 radical (unpaired) electrons. The van der Waals surface area contributed by atoms with Crippen molar-refractivity contribution in [3.8, 4) is 0 Å². The lowest BCUT2D eigenvalue weighted by Gasteiger charge is -2.31. The molecule has 0 atom stereocenters. The predicted molar refractivity (Wildman–Crippen MR) is 72.9 cm³/mol. The second kappa shape index (κ2) is 6.02. The van der Waals surface area contributed by atoms with Gasteiger partial charge in [-0.3, -0.25) is 9.69 Å². The Bertz CT molecular complexity index is 456. The fraction of sp³-hybridized carbons (Fsp3) is 0.500. The highest BCUT2D eigenvalue weighted by Crippen LogP contribution is 2.20. The molecule has 1 aromatic rings. The van der Waals surface area contributed by atoms with E-state index in [0.717, 1.165) is 25.9 Å².